The van der Waals surface area contributed by atoms with E-state index < -0.39 is 10.0 Å². The third-order valence-electron chi connectivity index (χ3n) is 2.44. The number of nitrogens with one attached hydrogen (secondary N) is 1. The summed E-state index contributed by atoms with van der Waals surface area (Å²) in [6.07, 6.45) is 1.39. The summed E-state index contributed by atoms with van der Waals surface area (Å²) >= 11 is 0. The van der Waals surface area contributed by atoms with Gasteiger partial charge in [0.1, 0.15) is 10.7 Å². The molecule has 0 aromatic carbocycles. The highest BCUT2D eigenvalue weighted by molar-refractivity contribution is 7.89. The number of aromatic nitrogens is 1. The first-order valence-electron chi connectivity index (χ1n) is 5.76. The predicted molar refractivity (Wildman–Crippen MR) is 68.5 cm³/mol. The Morgan fingerprint density at radius 1 is 1.24 bits per heavy atom. The lowest BCUT2D eigenvalue weighted by Gasteiger charge is -2.18. The van der Waals surface area contributed by atoms with Crippen LogP contribution >= 0.6 is 0 Å². The van der Waals surface area contributed by atoms with E-state index in [1.807, 2.05) is 20.8 Å². The van der Waals surface area contributed by atoms with Crippen LogP contribution in [-0.4, -0.2) is 37.3 Å². The Balaban J connectivity index is 2.99. The zero-order chi connectivity index (χ0) is 12.9. The monoisotopic (exact) mass is 257 g/mol. The van der Waals surface area contributed by atoms with Crippen molar-refractivity contribution in [2.24, 2.45) is 0 Å². The van der Waals surface area contributed by atoms with Gasteiger partial charge in [0, 0.05) is 25.8 Å². The Morgan fingerprint density at radius 2 is 1.88 bits per heavy atom. The average Bonchev–Trinajstić information content (AvgIpc) is 2.31. The number of sulfonamides is 1. The molecule has 5 nitrogen and oxygen atoms in total. The van der Waals surface area contributed by atoms with E-state index >= 15 is 0 Å². The van der Waals surface area contributed by atoms with Crippen LogP contribution in [0.3, 0.4) is 0 Å². The number of anilines is 1. The first kappa shape index (κ1) is 13.9. The van der Waals surface area contributed by atoms with E-state index in [-0.39, 0.29) is 4.90 Å². The summed E-state index contributed by atoms with van der Waals surface area (Å²) in [6, 6.07) is 3.26. The lowest BCUT2D eigenvalue weighted by atomic mass is 10.4. The van der Waals surface area contributed by atoms with Crippen LogP contribution in [0.1, 0.15) is 20.8 Å². The average molecular weight is 257 g/mol. The van der Waals surface area contributed by atoms with Gasteiger partial charge >= 0.3 is 0 Å². The Labute approximate surface area is 103 Å². The molecule has 0 unspecified atom stereocenters. The predicted octanol–water partition coefficient (Wildman–Crippen LogP) is 1.54. The van der Waals surface area contributed by atoms with Gasteiger partial charge in [-0.1, -0.05) is 13.8 Å². The van der Waals surface area contributed by atoms with Crippen molar-refractivity contribution < 1.29 is 8.42 Å². The molecule has 1 aromatic heterocycles. The molecule has 1 rings (SSSR count). The molecule has 0 fully saturated rings. The summed E-state index contributed by atoms with van der Waals surface area (Å²) in [5.41, 5.74) is 0. The van der Waals surface area contributed by atoms with Crippen LogP contribution < -0.4 is 5.32 Å². The standard InChI is InChI=1S/C11H19N3O2S/c1-4-12-11-8-7-10(9-13-11)17(15,16)14(5-2)6-3/h7-9H,4-6H2,1-3H3,(H,12,13). The molecule has 96 valence electrons. The molecule has 0 saturated carbocycles. The number of nitrogens with zero attached hydrogens (tertiary/aromatic N) is 2. The van der Waals surface area contributed by atoms with Gasteiger partial charge < -0.3 is 5.32 Å². The van der Waals surface area contributed by atoms with Crippen molar-refractivity contribution in [3.05, 3.63) is 18.3 Å². The van der Waals surface area contributed by atoms with Gasteiger partial charge in [-0.05, 0) is 19.1 Å². The molecule has 0 aliphatic rings. The summed E-state index contributed by atoms with van der Waals surface area (Å²) in [7, 11) is -3.39. The van der Waals surface area contributed by atoms with Crippen molar-refractivity contribution in [1.82, 2.24) is 9.29 Å². The summed E-state index contributed by atoms with van der Waals surface area (Å²) in [4.78, 5) is 4.31. The Hall–Kier alpha value is -1.14. The summed E-state index contributed by atoms with van der Waals surface area (Å²) < 4.78 is 25.7. The summed E-state index contributed by atoms with van der Waals surface area (Å²) in [5.74, 6) is 0.686. The Bertz CT molecular complexity index is 438. The van der Waals surface area contributed by atoms with Crippen molar-refractivity contribution >= 4 is 15.8 Å². The molecule has 1 heterocycles. The van der Waals surface area contributed by atoms with Crippen LogP contribution in [0.4, 0.5) is 5.82 Å². The van der Waals surface area contributed by atoms with Gasteiger partial charge in [0.25, 0.3) is 0 Å². The van der Waals surface area contributed by atoms with Gasteiger partial charge in [-0.3, -0.25) is 0 Å². The van der Waals surface area contributed by atoms with Crippen molar-refractivity contribution in [3.63, 3.8) is 0 Å². The van der Waals surface area contributed by atoms with Gasteiger partial charge in [-0.15, -0.1) is 0 Å². The van der Waals surface area contributed by atoms with Crippen molar-refractivity contribution in [3.8, 4) is 0 Å². The van der Waals surface area contributed by atoms with Crippen LogP contribution in [0, 0.1) is 0 Å². The molecule has 17 heavy (non-hydrogen) atoms. The highest BCUT2D eigenvalue weighted by Gasteiger charge is 2.21. The maximum absolute atomic E-state index is 12.1. The van der Waals surface area contributed by atoms with Crippen LogP contribution in [0.5, 0.6) is 0 Å². The minimum absolute atomic E-state index is 0.239. The lowest BCUT2D eigenvalue weighted by molar-refractivity contribution is 0.445. The zero-order valence-electron chi connectivity index (χ0n) is 10.5. The fourth-order valence-electron chi connectivity index (χ4n) is 1.53. The quantitative estimate of drug-likeness (QED) is 0.839. The number of hydrogen-bond acceptors (Lipinski definition) is 4. The Kier molecular flexibility index (Phi) is 4.89. The molecule has 6 heteroatoms. The van der Waals surface area contributed by atoms with Gasteiger partial charge in [0.15, 0.2) is 0 Å². The summed E-state index contributed by atoms with van der Waals surface area (Å²) in [5, 5.41) is 3.02. The fourth-order valence-corrected chi connectivity index (χ4v) is 2.94. The molecule has 0 aliphatic heterocycles. The minimum Gasteiger partial charge on any atom is -0.370 e. The van der Waals surface area contributed by atoms with E-state index in [2.05, 4.69) is 10.3 Å². The molecule has 1 N–H and O–H groups in total. The molecular formula is C11H19N3O2S. The second kappa shape index (κ2) is 5.97. The van der Waals surface area contributed by atoms with Gasteiger partial charge in [0.2, 0.25) is 10.0 Å². The van der Waals surface area contributed by atoms with E-state index in [1.54, 1.807) is 12.1 Å². The first-order valence-corrected chi connectivity index (χ1v) is 7.20. The first-order chi connectivity index (χ1) is 8.06. The number of hydrogen-bond donors (Lipinski definition) is 1. The van der Waals surface area contributed by atoms with E-state index in [0.717, 1.165) is 6.54 Å². The topological polar surface area (TPSA) is 62.3 Å². The van der Waals surface area contributed by atoms with Crippen LogP contribution in [0.2, 0.25) is 0 Å². The molecule has 0 bridgehead atoms. The van der Waals surface area contributed by atoms with Crippen LogP contribution in [0.25, 0.3) is 0 Å². The van der Waals surface area contributed by atoms with Crippen LogP contribution in [-0.2, 0) is 10.0 Å². The molecule has 0 spiro atoms. The van der Waals surface area contributed by atoms with E-state index in [4.69, 9.17) is 0 Å². The van der Waals surface area contributed by atoms with Crippen molar-refractivity contribution in [2.75, 3.05) is 25.0 Å². The third kappa shape index (κ3) is 3.17. The maximum atomic E-state index is 12.1. The highest BCUT2D eigenvalue weighted by Crippen LogP contribution is 2.15. The normalized spacial score (nSPS) is 11.8. The molecule has 0 radical (unpaired) electrons. The molecule has 0 saturated heterocycles. The SMILES string of the molecule is CCNc1ccc(S(=O)(=O)N(CC)CC)cn1. The molecule has 0 atom stereocenters. The van der Waals surface area contributed by atoms with Gasteiger partial charge in [0.05, 0.1) is 0 Å². The van der Waals surface area contributed by atoms with Crippen LogP contribution in [0.15, 0.2) is 23.2 Å². The Morgan fingerprint density at radius 3 is 2.29 bits per heavy atom. The van der Waals surface area contributed by atoms with E-state index in [1.165, 1.54) is 10.5 Å². The third-order valence-corrected chi connectivity index (χ3v) is 4.47. The van der Waals surface area contributed by atoms with Gasteiger partial charge in [-0.25, -0.2) is 13.4 Å². The zero-order valence-corrected chi connectivity index (χ0v) is 11.3. The second-order valence-electron chi connectivity index (χ2n) is 3.50. The fraction of sp³-hybridized carbons (Fsp3) is 0.545. The number of rotatable bonds is 6. The minimum atomic E-state index is -3.39. The van der Waals surface area contributed by atoms with Gasteiger partial charge in [-0.2, -0.15) is 4.31 Å². The van der Waals surface area contributed by atoms with Crippen molar-refractivity contribution in [2.45, 2.75) is 25.7 Å². The van der Waals surface area contributed by atoms with Crippen molar-refractivity contribution in [1.29, 1.82) is 0 Å². The molecule has 0 amide bonds. The number of pyridine rings is 1. The highest BCUT2D eigenvalue weighted by atomic mass is 32.2. The smallest absolute Gasteiger partial charge is 0.244 e. The maximum Gasteiger partial charge on any atom is 0.244 e. The molecule has 1 aromatic rings. The summed E-state index contributed by atoms with van der Waals surface area (Å²) in [6.45, 7) is 7.29. The lowest BCUT2D eigenvalue weighted by Crippen LogP contribution is -2.30. The van der Waals surface area contributed by atoms with E-state index in [0.29, 0.717) is 18.9 Å². The van der Waals surface area contributed by atoms with E-state index in [9.17, 15) is 8.42 Å². The molecular weight excluding hydrogens is 238 g/mol. The second-order valence-corrected chi connectivity index (χ2v) is 5.44. The molecule has 0 aliphatic carbocycles. The largest absolute Gasteiger partial charge is 0.370 e.